The second kappa shape index (κ2) is 12.5. The fourth-order valence-electron chi connectivity index (χ4n) is 3.98. The van der Waals surface area contributed by atoms with Crippen LogP contribution in [0.15, 0.2) is 48.5 Å². The van der Waals surface area contributed by atoms with Crippen molar-refractivity contribution in [3.8, 4) is 16.7 Å². The normalized spacial score (nSPS) is 14.5. The largest absolute Gasteiger partial charge is 0.492 e. The maximum atomic E-state index is 12.3. The molecule has 9 heteroatoms. The number of esters is 1. The number of fused-ring (bicyclic) bond motifs is 1. The summed E-state index contributed by atoms with van der Waals surface area (Å²) < 4.78 is 17.8. The highest BCUT2D eigenvalue weighted by Gasteiger charge is 2.24. The van der Waals surface area contributed by atoms with Crippen LogP contribution in [0.4, 0.5) is 0 Å². The molecule has 1 N–H and O–H groups in total. The molecule has 3 aromatic rings. The molecule has 2 heterocycles. The number of hydrogen-bond acceptors (Lipinski definition) is 8. The van der Waals surface area contributed by atoms with Crippen molar-refractivity contribution in [2.45, 2.75) is 26.2 Å². The highest BCUT2D eigenvalue weighted by Crippen LogP contribution is 2.31. The zero-order valence-electron chi connectivity index (χ0n) is 19.9. The standard InChI is InChI=1S/C26H31N3O5S/c1-2-32-24(30)11-14-27-25(31)19-12-15-29(16-13-19)17-18-33-20-7-9-21(10-8-20)34-26-28-22-5-3-4-6-23(22)35-26/h3-10,19H,2,11-18H2,1H3,(H,27,31). The van der Waals surface area contributed by atoms with Crippen LogP contribution in [0.2, 0.25) is 0 Å². The van der Waals surface area contributed by atoms with Gasteiger partial charge in [0.2, 0.25) is 5.91 Å². The highest BCUT2D eigenvalue weighted by molar-refractivity contribution is 7.20. The van der Waals surface area contributed by atoms with Crippen molar-refractivity contribution < 1.29 is 23.8 Å². The summed E-state index contributed by atoms with van der Waals surface area (Å²) in [5.74, 6) is 1.25. The molecule has 8 nitrogen and oxygen atoms in total. The molecule has 0 unspecified atom stereocenters. The van der Waals surface area contributed by atoms with Crippen LogP contribution in [-0.2, 0) is 14.3 Å². The second-order valence-corrected chi connectivity index (χ2v) is 9.32. The van der Waals surface area contributed by atoms with Crippen LogP contribution >= 0.6 is 11.3 Å². The molecule has 1 aromatic heterocycles. The van der Waals surface area contributed by atoms with Gasteiger partial charge in [-0.25, -0.2) is 4.98 Å². The van der Waals surface area contributed by atoms with Gasteiger partial charge in [0.05, 0.1) is 23.2 Å². The zero-order chi connectivity index (χ0) is 24.5. The lowest BCUT2D eigenvalue weighted by atomic mass is 9.96. The topological polar surface area (TPSA) is 90.0 Å². The van der Waals surface area contributed by atoms with Gasteiger partial charge in [0.1, 0.15) is 18.1 Å². The third-order valence-corrected chi connectivity index (χ3v) is 6.79. The van der Waals surface area contributed by atoms with E-state index in [1.165, 1.54) is 11.3 Å². The van der Waals surface area contributed by atoms with Crippen LogP contribution in [0.5, 0.6) is 16.7 Å². The lowest BCUT2D eigenvalue weighted by molar-refractivity contribution is -0.143. The Morgan fingerprint density at radius 1 is 1.09 bits per heavy atom. The Morgan fingerprint density at radius 2 is 1.83 bits per heavy atom. The summed E-state index contributed by atoms with van der Waals surface area (Å²) in [6, 6.07) is 15.5. The number of thiazole rings is 1. The van der Waals surface area contributed by atoms with Crippen molar-refractivity contribution in [1.82, 2.24) is 15.2 Å². The van der Waals surface area contributed by atoms with Crippen molar-refractivity contribution in [1.29, 1.82) is 0 Å². The lowest BCUT2D eigenvalue weighted by Gasteiger charge is -2.31. The molecule has 0 spiro atoms. The van der Waals surface area contributed by atoms with Gasteiger partial charge in [-0.2, -0.15) is 0 Å². The van der Waals surface area contributed by atoms with Gasteiger partial charge in [0.25, 0.3) is 5.19 Å². The third-order valence-electron chi connectivity index (χ3n) is 5.87. The SMILES string of the molecule is CCOC(=O)CCNC(=O)C1CCN(CCOc2ccc(Oc3nc4ccccc4s3)cc2)CC1. The van der Waals surface area contributed by atoms with Crippen LogP contribution in [0.3, 0.4) is 0 Å². The van der Waals surface area contributed by atoms with Crippen LogP contribution in [0.1, 0.15) is 26.2 Å². The summed E-state index contributed by atoms with van der Waals surface area (Å²) in [5.41, 5.74) is 0.936. The number of carbonyl (C=O) groups is 2. The Kier molecular flexibility index (Phi) is 8.91. The number of para-hydroxylation sites is 1. The van der Waals surface area contributed by atoms with E-state index < -0.39 is 0 Å². The number of nitrogens with one attached hydrogen (secondary N) is 1. The van der Waals surface area contributed by atoms with E-state index >= 15 is 0 Å². The molecule has 0 bridgehead atoms. The summed E-state index contributed by atoms with van der Waals surface area (Å²) >= 11 is 1.52. The fourth-order valence-corrected chi connectivity index (χ4v) is 4.81. The Morgan fingerprint density at radius 3 is 2.57 bits per heavy atom. The number of ether oxygens (including phenoxy) is 3. The number of amides is 1. The first-order valence-corrected chi connectivity index (χ1v) is 12.8. The van der Waals surface area contributed by atoms with Gasteiger partial charge < -0.3 is 19.5 Å². The maximum absolute atomic E-state index is 12.3. The van der Waals surface area contributed by atoms with Gasteiger partial charge in [-0.15, -0.1) is 0 Å². The second-order valence-electron chi connectivity index (χ2n) is 8.33. The average Bonchev–Trinajstić information content (AvgIpc) is 3.28. The summed E-state index contributed by atoms with van der Waals surface area (Å²) in [5, 5.41) is 3.47. The van der Waals surface area contributed by atoms with Gasteiger partial charge in [0.15, 0.2) is 0 Å². The number of hydrogen-bond donors (Lipinski definition) is 1. The van der Waals surface area contributed by atoms with E-state index in [2.05, 4.69) is 15.2 Å². The molecule has 35 heavy (non-hydrogen) atoms. The predicted octanol–water partition coefficient (Wildman–Crippen LogP) is 4.25. The number of rotatable bonds is 11. The molecule has 186 valence electrons. The first kappa shape index (κ1) is 24.9. The summed E-state index contributed by atoms with van der Waals surface area (Å²) in [6.07, 6.45) is 1.83. The molecule has 0 saturated carbocycles. The molecule has 2 aromatic carbocycles. The number of likely N-dealkylation sites (tertiary alicyclic amines) is 1. The van der Waals surface area contributed by atoms with Gasteiger partial charge in [0, 0.05) is 19.0 Å². The summed E-state index contributed by atoms with van der Waals surface area (Å²) in [4.78, 5) is 30.5. The van der Waals surface area contributed by atoms with E-state index in [-0.39, 0.29) is 24.2 Å². The molecule has 1 saturated heterocycles. The van der Waals surface area contributed by atoms with Crippen LogP contribution in [0, 0.1) is 5.92 Å². The maximum Gasteiger partial charge on any atom is 0.307 e. The molecule has 0 aliphatic carbocycles. The summed E-state index contributed by atoms with van der Waals surface area (Å²) in [6.45, 7) is 5.56. The highest BCUT2D eigenvalue weighted by atomic mass is 32.1. The van der Waals surface area contributed by atoms with Crippen LogP contribution in [-0.4, -0.2) is 61.2 Å². The first-order chi connectivity index (χ1) is 17.1. The molecular weight excluding hydrogens is 466 g/mol. The van der Waals surface area contributed by atoms with E-state index in [0.717, 1.165) is 54.2 Å². The molecule has 1 amide bonds. The molecule has 1 aliphatic rings. The van der Waals surface area contributed by atoms with Crippen LogP contribution < -0.4 is 14.8 Å². The summed E-state index contributed by atoms with van der Waals surface area (Å²) in [7, 11) is 0. The number of aromatic nitrogens is 1. The molecule has 1 aliphatic heterocycles. The van der Waals surface area contributed by atoms with E-state index in [4.69, 9.17) is 14.2 Å². The average molecular weight is 498 g/mol. The van der Waals surface area contributed by atoms with Crippen molar-refractivity contribution in [3.05, 3.63) is 48.5 Å². The zero-order valence-corrected chi connectivity index (χ0v) is 20.7. The minimum Gasteiger partial charge on any atom is -0.492 e. The Labute approximate surface area is 209 Å². The number of nitrogens with zero attached hydrogens (tertiary/aromatic N) is 2. The van der Waals surface area contributed by atoms with Gasteiger partial charge in [-0.05, 0) is 69.3 Å². The number of piperidine rings is 1. The fraction of sp³-hybridized carbons (Fsp3) is 0.423. The van der Waals surface area contributed by atoms with E-state index in [1.807, 2.05) is 48.5 Å². The van der Waals surface area contributed by atoms with E-state index in [0.29, 0.717) is 25.0 Å². The van der Waals surface area contributed by atoms with Crippen molar-refractivity contribution in [3.63, 3.8) is 0 Å². The predicted molar refractivity (Wildman–Crippen MR) is 135 cm³/mol. The number of benzene rings is 2. The van der Waals surface area contributed by atoms with E-state index in [9.17, 15) is 9.59 Å². The van der Waals surface area contributed by atoms with Gasteiger partial charge in [-0.3, -0.25) is 14.5 Å². The van der Waals surface area contributed by atoms with Gasteiger partial charge in [-0.1, -0.05) is 23.5 Å². The molecule has 0 radical (unpaired) electrons. The van der Waals surface area contributed by atoms with Crippen LogP contribution in [0.25, 0.3) is 10.2 Å². The van der Waals surface area contributed by atoms with Crippen molar-refractivity contribution in [2.75, 3.05) is 39.4 Å². The molecule has 1 fully saturated rings. The van der Waals surface area contributed by atoms with E-state index in [1.54, 1.807) is 6.92 Å². The Hall–Kier alpha value is -3.17. The Bertz CT molecular complexity index is 1080. The smallest absolute Gasteiger partial charge is 0.307 e. The number of carbonyl (C=O) groups excluding carboxylic acids is 2. The molecular formula is C26H31N3O5S. The monoisotopic (exact) mass is 497 g/mol. The quantitative estimate of drug-likeness (QED) is 0.396. The molecule has 0 atom stereocenters. The first-order valence-electron chi connectivity index (χ1n) is 12.0. The van der Waals surface area contributed by atoms with Crippen molar-refractivity contribution >= 4 is 33.4 Å². The Balaban J connectivity index is 1.12. The molecule has 4 rings (SSSR count). The minimum absolute atomic E-state index is 0.00247. The third kappa shape index (κ3) is 7.40. The minimum atomic E-state index is -0.280. The van der Waals surface area contributed by atoms with Gasteiger partial charge >= 0.3 is 5.97 Å². The van der Waals surface area contributed by atoms with Crippen molar-refractivity contribution in [2.24, 2.45) is 5.92 Å². The lowest BCUT2D eigenvalue weighted by Crippen LogP contribution is -2.42.